The average Bonchev–Trinajstić information content (AvgIpc) is 2.87. The van der Waals surface area contributed by atoms with E-state index in [1.165, 1.54) is 6.92 Å². The van der Waals surface area contributed by atoms with Gasteiger partial charge in [-0.3, -0.25) is 4.79 Å². The molecule has 188 valence electrons. The Bertz CT molecular complexity index is 968. The third-order valence-corrected chi connectivity index (χ3v) is 5.43. The molecule has 9 nitrogen and oxygen atoms in total. The van der Waals surface area contributed by atoms with E-state index in [2.05, 4.69) is 11.9 Å². The molecule has 1 saturated heterocycles. The Morgan fingerprint density at radius 1 is 1.00 bits per heavy atom. The fourth-order valence-electron chi connectivity index (χ4n) is 3.63. The van der Waals surface area contributed by atoms with Crippen LogP contribution in [0.25, 0.3) is 0 Å². The molecule has 3 rings (SSSR count). The van der Waals surface area contributed by atoms with Crippen molar-refractivity contribution < 1.29 is 38.7 Å². The Labute approximate surface area is 204 Å². The number of aliphatic hydroxyl groups is 2. The van der Waals surface area contributed by atoms with Gasteiger partial charge in [-0.2, -0.15) is 0 Å². The minimum atomic E-state index is -1.30. The smallest absolute Gasteiger partial charge is 0.336 e. The van der Waals surface area contributed by atoms with E-state index in [9.17, 15) is 19.8 Å². The molecule has 2 aromatic carbocycles. The highest BCUT2D eigenvalue weighted by atomic mass is 16.7. The number of nitrogens with one attached hydrogen (secondary N) is 1. The summed E-state index contributed by atoms with van der Waals surface area (Å²) in [6, 6.07) is 17.6. The van der Waals surface area contributed by atoms with Gasteiger partial charge in [0.25, 0.3) is 0 Å². The first-order valence-electron chi connectivity index (χ1n) is 11.3. The van der Waals surface area contributed by atoms with E-state index in [-0.39, 0.29) is 25.4 Å². The van der Waals surface area contributed by atoms with Crippen molar-refractivity contribution >= 4 is 11.9 Å². The van der Waals surface area contributed by atoms with Crippen molar-refractivity contribution in [2.24, 2.45) is 0 Å². The van der Waals surface area contributed by atoms with Crippen LogP contribution in [0, 0.1) is 0 Å². The molecule has 0 aromatic heterocycles. The molecule has 1 fully saturated rings. The number of benzene rings is 2. The van der Waals surface area contributed by atoms with Gasteiger partial charge in [0.15, 0.2) is 6.29 Å². The number of amides is 1. The summed E-state index contributed by atoms with van der Waals surface area (Å²) < 4.78 is 22.7. The van der Waals surface area contributed by atoms with Crippen molar-refractivity contribution in [1.82, 2.24) is 5.32 Å². The molecular formula is C26H31NO8. The van der Waals surface area contributed by atoms with Gasteiger partial charge in [-0.15, -0.1) is 0 Å². The standard InChI is InChI=1S/C26H31NO8/c1-17(25(31)33-15-19-9-5-3-6-10-19)14-32-24-22(27-18(2)29)26(35-21(13-28)23(24)30)34-16-20-11-7-4-8-12-20/h3-12,21-24,26,28,30H,1,13-16H2,2H3,(H,27,29)/t21?,22-,23+,24?,26+/m1/s1. The summed E-state index contributed by atoms with van der Waals surface area (Å²) in [5.74, 6) is -1.04. The predicted molar refractivity (Wildman–Crippen MR) is 126 cm³/mol. The van der Waals surface area contributed by atoms with Crippen molar-refractivity contribution in [3.05, 3.63) is 83.9 Å². The molecule has 1 aliphatic rings. The number of carbonyl (C=O) groups is 2. The van der Waals surface area contributed by atoms with Crippen LogP contribution in [0.1, 0.15) is 18.1 Å². The lowest BCUT2D eigenvalue weighted by Gasteiger charge is -2.44. The average molecular weight is 486 g/mol. The second kappa shape index (κ2) is 13.1. The Balaban J connectivity index is 1.65. The SMILES string of the molecule is C=C(COC1[C@@H](O)C(CO)O[C@H](OCc2ccccc2)[C@@H]1NC(C)=O)C(=O)OCc1ccccc1. The third kappa shape index (κ3) is 7.71. The van der Waals surface area contributed by atoms with Crippen LogP contribution in [-0.4, -0.2) is 65.9 Å². The topological polar surface area (TPSA) is 124 Å². The lowest BCUT2D eigenvalue weighted by Crippen LogP contribution is -2.65. The number of carbonyl (C=O) groups excluding carboxylic acids is 2. The first kappa shape index (κ1) is 26.5. The van der Waals surface area contributed by atoms with Crippen LogP contribution in [0.3, 0.4) is 0 Å². The van der Waals surface area contributed by atoms with Crippen molar-refractivity contribution in [2.45, 2.75) is 50.8 Å². The number of rotatable bonds is 11. The van der Waals surface area contributed by atoms with Gasteiger partial charge in [0.05, 0.1) is 25.4 Å². The van der Waals surface area contributed by atoms with Crippen molar-refractivity contribution in [3.8, 4) is 0 Å². The molecule has 9 heteroatoms. The van der Waals surface area contributed by atoms with Gasteiger partial charge in [0, 0.05) is 6.92 Å². The zero-order valence-corrected chi connectivity index (χ0v) is 19.5. The molecule has 2 unspecified atom stereocenters. The zero-order valence-electron chi connectivity index (χ0n) is 19.5. The summed E-state index contributed by atoms with van der Waals surface area (Å²) in [5, 5.41) is 23.2. The molecule has 0 aliphatic carbocycles. The first-order chi connectivity index (χ1) is 16.9. The Morgan fingerprint density at radius 2 is 1.60 bits per heavy atom. The summed E-state index contributed by atoms with van der Waals surface area (Å²) in [6.45, 7) is 4.51. The molecule has 35 heavy (non-hydrogen) atoms. The Kier molecular flexibility index (Phi) is 9.95. The van der Waals surface area contributed by atoms with Crippen LogP contribution in [0.5, 0.6) is 0 Å². The van der Waals surface area contributed by atoms with Crippen molar-refractivity contribution in [2.75, 3.05) is 13.2 Å². The van der Waals surface area contributed by atoms with E-state index in [0.29, 0.717) is 0 Å². The lowest BCUT2D eigenvalue weighted by atomic mass is 9.96. The molecule has 2 aromatic rings. The first-order valence-corrected chi connectivity index (χ1v) is 11.3. The summed E-state index contributed by atoms with van der Waals surface area (Å²) in [4.78, 5) is 24.3. The molecule has 3 N–H and O–H groups in total. The van der Waals surface area contributed by atoms with Crippen LogP contribution in [0.15, 0.2) is 72.8 Å². The quantitative estimate of drug-likeness (QED) is 0.323. The zero-order chi connectivity index (χ0) is 25.2. The van der Waals surface area contributed by atoms with Crippen LogP contribution >= 0.6 is 0 Å². The summed E-state index contributed by atoms with van der Waals surface area (Å²) in [7, 11) is 0. The van der Waals surface area contributed by atoms with E-state index < -0.39 is 49.1 Å². The predicted octanol–water partition coefficient (Wildman–Crippen LogP) is 1.47. The molecule has 0 radical (unpaired) electrons. The number of aliphatic hydroxyl groups excluding tert-OH is 2. The van der Waals surface area contributed by atoms with Crippen LogP contribution in [0.2, 0.25) is 0 Å². The van der Waals surface area contributed by atoms with Crippen LogP contribution in [0.4, 0.5) is 0 Å². The fourth-order valence-corrected chi connectivity index (χ4v) is 3.63. The largest absolute Gasteiger partial charge is 0.457 e. The van der Waals surface area contributed by atoms with Gasteiger partial charge in [0.1, 0.15) is 31.0 Å². The number of esters is 1. The second-order valence-corrected chi connectivity index (χ2v) is 8.18. The normalized spacial score (nSPS) is 23.9. The summed E-state index contributed by atoms with van der Waals surface area (Å²) in [6.07, 6.45) is -4.40. The Hall–Kier alpha value is -3.08. The van der Waals surface area contributed by atoms with Crippen LogP contribution in [-0.2, 0) is 41.8 Å². The van der Waals surface area contributed by atoms with E-state index in [1.54, 1.807) is 0 Å². The van der Waals surface area contributed by atoms with Gasteiger partial charge in [-0.25, -0.2) is 4.79 Å². The van der Waals surface area contributed by atoms with Gasteiger partial charge >= 0.3 is 5.97 Å². The van der Waals surface area contributed by atoms with Crippen molar-refractivity contribution in [3.63, 3.8) is 0 Å². The van der Waals surface area contributed by atoms with Gasteiger partial charge in [0.2, 0.25) is 5.91 Å². The highest BCUT2D eigenvalue weighted by Crippen LogP contribution is 2.26. The second-order valence-electron chi connectivity index (χ2n) is 8.18. The highest BCUT2D eigenvalue weighted by Gasteiger charge is 2.47. The molecule has 1 amide bonds. The lowest BCUT2D eigenvalue weighted by molar-refractivity contribution is -0.279. The van der Waals surface area contributed by atoms with Gasteiger partial charge in [-0.1, -0.05) is 67.2 Å². The molecule has 1 heterocycles. The maximum absolute atomic E-state index is 12.4. The molecule has 5 atom stereocenters. The molecule has 0 spiro atoms. The minimum absolute atomic E-state index is 0.0310. The van der Waals surface area contributed by atoms with Gasteiger partial charge < -0.3 is 34.5 Å². The fraction of sp³-hybridized carbons (Fsp3) is 0.385. The van der Waals surface area contributed by atoms with E-state index in [1.807, 2.05) is 60.7 Å². The summed E-state index contributed by atoms with van der Waals surface area (Å²) in [5.41, 5.74) is 1.73. The molecular weight excluding hydrogens is 454 g/mol. The number of hydrogen-bond donors (Lipinski definition) is 3. The molecule has 1 aliphatic heterocycles. The highest BCUT2D eigenvalue weighted by molar-refractivity contribution is 5.87. The van der Waals surface area contributed by atoms with E-state index in [4.69, 9.17) is 18.9 Å². The monoisotopic (exact) mass is 485 g/mol. The van der Waals surface area contributed by atoms with Crippen LogP contribution < -0.4 is 5.32 Å². The Morgan fingerprint density at radius 3 is 2.17 bits per heavy atom. The van der Waals surface area contributed by atoms with E-state index >= 15 is 0 Å². The minimum Gasteiger partial charge on any atom is -0.457 e. The number of ether oxygens (including phenoxy) is 4. The third-order valence-electron chi connectivity index (χ3n) is 5.43. The molecule has 0 bridgehead atoms. The number of hydrogen-bond acceptors (Lipinski definition) is 8. The summed E-state index contributed by atoms with van der Waals surface area (Å²) >= 11 is 0. The van der Waals surface area contributed by atoms with Crippen molar-refractivity contribution in [1.29, 1.82) is 0 Å². The van der Waals surface area contributed by atoms with E-state index in [0.717, 1.165) is 11.1 Å². The van der Waals surface area contributed by atoms with Gasteiger partial charge in [-0.05, 0) is 11.1 Å². The maximum Gasteiger partial charge on any atom is 0.336 e. The maximum atomic E-state index is 12.4. The molecule has 0 saturated carbocycles.